The van der Waals surface area contributed by atoms with E-state index in [1.54, 1.807) is 13.2 Å². The van der Waals surface area contributed by atoms with Gasteiger partial charge >= 0.3 is 0 Å². The molecular formula is C24H31N7O2. The number of likely N-dealkylation sites (N-methyl/N-ethyl adjacent to an activating group) is 1. The highest BCUT2D eigenvalue weighted by Crippen LogP contribution is 2.33. The summed E-state index contributed by atoms with van der Waals surface area (Å²) in [5.74, 6) is 1.53. The second-order valence-corrected chi connectivity index (χ2v) is 8.78. The third-order valence-electron chi connectivity index (χ3n) is 6.00. The van der Waals surface area contributed by atoms with Gasteiger partial charge in [-0.3, -0.25) is 4.79 Å². The molecule has 2 N–H and O–H groups in total. The summed E-state index contributed by atoms with van der Waals surface area (Å²) in [7, 11) is 5.61. The van der Waals surface area contributed by atoms with Crippen molar-refractivity contribution < 1.29 is 9.53 Å². The van der Waals surface area contributed by atoms with Crippen molar-refractivity contribution in [2.24, 2.45) is 5.92 Å². The summed E-state index contributed by atoms with van der Waals surface area (Å²) in [5.41, 5.74) is 9.63. The van der Waals surface area contributed by atoms with E-state index in [1.165, 1.54) is 6.33 Å². The van der Waals surface area contributed by atoms with Crippen LogP contribution in [0.4, 0.5) is 5.82 Å². The first kappa shape index (κ1) is 22.7. The summed E-state index contributed by atoms with van der Waals surface area (Å²) in [6.45, 7) is 4.84. The van der Waals surface area contributed by atoms with E-state index in [1.807, 2.05) is 59.8 Å². The number of nitrogen functional groups attached to an aromatic ring is 1. The van der Waals surface area contributed by atoms with Crippen molar-refractivity contribution in [1.29, 1.82) is 0 Å². The number of aromatic nitrogens is 4. The van der Waals surface area contributed by atoms with E-state index in [4.69, 9.17) is 15.6 Å². The maximum Gasteiger partial charge on any atom is 0.246 e. The topological polar surface area (TPSA) is 102 Å². The molecule has 1 atom stereocenters. The highest BCUT2D eigenvalue weighted by molar-refractivity contribution is 5.98. The summed E-state index contributed by atoms with van der Waals surface area (Å²) in [5, 5.41) is 5.62. The molecule has 1 amide bonds. The van der Waals surface area contributed by atoms with E-state index in [9.17, 15) is 4.79 Å². The van der Waals surface area contributed by atoms with Crippen LogP contribution >= 0.6 is 0 Å². The van der Waals surface area contributed by atoms with Crippen molar-refractivity contribution in [1.82, 2.24) is 29.5 Å². The molecule has 1 aliphatic rings. The van der Waals surface area contributed by atoms with Gasteiger partial charge in [-0.25, -0.2) is 14.6 Å². The first-order chi connectivity index (χ1) is 15.9. The van der Waals surface area contributed by atoms with Gasteiger partial charge in [-0.1, -0.05) is 18.2 Å². The number of anilines is 1. The average molecular weight is 450 g/mol. The summed E-state index contributed by atoms with van der Waals surface area (Å²) in [4.78, 5) is 25.1. The first-order valence-corrected chi connectivity index (χ1v) is 11.1. The Morgan fingerprint density at radius 2 is 2.15 bits per heavy atom. The van der Waals surface area contributed by atoms with Crippen LogP contribution in [0, 0.1) is 12.8 Å². The monoisotopic (exact) mass is 449 g/mol. The quantitative estimate of drug-likeness (QED) is 0.553. The lowest BCUT2D eigenvalue weighted by atomic mass is 10.1. The van der Waals surface area contributed by atoms with Crippen molar-refractivity contribution in [2.75, 3.05) is 46.6 Å². The number of carbonyl (C=O) groups excluding carboxylic acids is 1. The summed E-state index contributed by atoms with van der Waals surface area (Å²) in [6.07, 6.45) is 5.96. The van der Waals surface area contributed by atoms with E-state index >= 15 is 0 Å². The molecular weight excluding hydrogens is 418 g/mol. The van der Waals surface area contributed by atoms with Gasteiger partial charge in [0.25, 0.3) is 0 Å². The number of nitrogens with two attached hydrogens (primary N) is 1. The lowest BCUT2D eigenvalue weighted by Gasteiger charge is -2.15. The smallest absolute Gasteiger partial charge is 0.246 e. The lowest BCUT2D eigenvalue weighted by Crippen LogP contribution is -2.28. The van der Waals surface area contributed by atoms with Crippen molar-refractivity contribution in [3.8, 4) is 17.0 Å². The predicted octanol–water partition coefficient (Wildman–Crippen LogP) is 2.36. The molecule has 2 aromatic heterocycles. The number of benzene rings is 1. The molecule has 0 saturated carbocycles. The molecule has 4 rings (SSSR count). The molecule has 9 nitrogen and oxygen atoms in total. The van der Waals surface area contributed by atoms with Crippen LogP contribution in [0.15, 0.2) is 36.7 Å². The van der Waals surface area contributed by atoms with Gasteiger partial charge < -0.3 is 20.3 Å². The number of ether oxygens (including phenoxy) is 1. The number of rotatable bonds is 7. The minimum Gasteiger partial charge on any atom is -0.496 e. The molecule has 1 saturated heterocycles. The molecule has 9 heteroatoms. The minimum atomic E-state index is 0.0590. The van der Waals surface area contributed by atoms with E-state index in [-0.39, 0.29) is 11.8 Å². The van der Waals surface area contributed by atoms with Crippen LogP contribution in [0.2, 0.25) is 0 Å². The maximum absolute atomic E-state index is 12.5. The third kappa shape index (κ3) is 4.83. The third-order valence-corrected chi connectivity index (χ3v) is 6.00. The molecule has 0 spiro atoms. The first-order valence-electron chi connectivity index (χ1n) is 11.1. The van der Waals surface area contributed by atoms with Crippen molar-refractivity contribution in [3.05, 3.63) is 42.2 Å². The lowest BCUT2D eigenvalue weighted by molar-refractivity contribution is -0.125. The second kappa shape index (κ2) is 9.58. The Hall–Kier alpha value is -3.46. The van der Waals surface area contributed by atoms with E-state index < -0.39 is 0 Å². The summed E-state index contributed by atoms with van der Waals surface area (Å²) < 4.78 is 7.39. The Kier molecular flexibility index (Phi) is 6.60. The molecule has 0 radical (unpaired) electrons. The predicted molar refractivity (Wildman–Crippen MR) is 129 cm³/mol. The number of nitrogens with zero attached hydrogens (tertiary/aromatic N) is 6. The Morgan fingerprint density at radius 3 is 2.91 bits per heavy atom. The van der Waals surface area contributed by atoms with E-state index in [0.29, 0.717) is 24.6 Å². The number of fused-ring (bicyclic) bond motifs is 1. The molecule has 0 aliphatic carbocycles. The zero-order valence-corrected chi connectivity index (χ0v) is 19.7. The normalized spacial score (nSPS) is 16.4. The Labute approximate surface area is 193 Å². The molecule has 3 heterocycles. The summed E-state index contributed by atoms with van der Waals surface area (Å²) >= 11 is 0. The number of amides is 1. The Morgan fingerprint density at radius 1 is 1.33 bits per heavy atom. The van der Waals surface area contributed by atoms with Gasteiger partial charge in [0.1, 0.15) is 23.6 Å². The van der Waals surface area contributed by atoms with Crippen LogP contribution in [0.5, 0.6) is 5.75 Å². The number of likely N-dealkylation sites (tertiary alicyclic amines) is 1. The van der Waals surface area contributed by atoms with E-state index in [0.717, 1.165) is 47.5 Å². The highest BCUT2D eigenvalue weighted by atomic mass is 16.5. The largest absolute Gasteiger partial charge is 0.496 e. The molecule has 0 unspecified atom stereocenters. The van der Waals surface area contributed by atoms with Crippen LogP contribution in [-0.4, -0.2) is 76.3 Å². The van der Waals surface area contributed by atoms with Gasteiger partial charge in [-0.05, 0) is 45.0 Å². The molecule has 1 aliphatic heterocycles. The fourth-order valence-electron chi connectivity index (χ4n) is 4.22. The molecule has 1 fully saturated rings. The zero-order chi connectivity index (χ0) is 23.5. The number of methoxy groups -OCH3 is 1. The highest BCUT2D eigenvalue weighted by Gasteiger charge is 2.27. The maximum atomic E-state index is 12.5. The van der Waals surface area contributed by atoms with Gasteiger partial charge in [-0.15, -0.1) is 0 Å². The van der Waals surface area contributed by atoms with Crippen LogP contribution < -0.4 is 10.5 Å². The summed E-state index contributed by atoms with van der Waals surface area (Å²) in [6, 6.07) is 5.97. The second-order valence-electron chi connectivity index (χ2n) is 8.78. The molecule has 33 heavy (non-hydrogen) atoms. The Bertz CT molecular complexity index is 1190. The zero-order valence-electron chi connectivity index (χ0n) is 19.7. The minimum absolute atomic E-state index is 0.0590. The molecule has 0 bridgehead atoms. The fraction of sp³-hybridized carbons (Fsp3) is 0.417. The van der Waals surface area contributed by atoms with Gasteiger partial charge in [0.15, 0.2) is 5.65 Å². The van der Waals surface area contributed by atoms with Gasteiger partial charge in [0, 0.05) is 37.8 Å². The van der Waals surface area contributed by atoms with Gasteiger partial charge in [0.05, 0.1) is 12.5 Å². The molecule has 1 aromatic carbocycles. The van der Waals surface area contributed by atoms with Crippen molar-refractivity contribution in [3.63, 3.8) is 0 Å². The number of hydrogen-bond donors (Lipinski definition) is 1. The van der Waals surface area contributed by atoms with Crippen LogP contribution in [-0.2, 0) is 11.3 Å². The number of carbonyl (C=O) groups is 1. The van der Waals surface area contributed by atoms with E-state index in [2.05, 4.69) is 9.97 Å². The van der Waals surface area contributed by atoms with Gasteiger partial charge in [0.2, 0.25) is 5.91 Å². The van der Waals surface area contributed by atoms with Gasteiger partial charge in [-0.2, -0.15) is 5.10 Å². The van der Waals surface area contributed by atoms with Crippen LogP contribution in [0.3, 0.4) is 0 Å². The standard InChI is InChI=1S/C24H31N7O2/c1-16-7-8-18(12-19(16)33-4)22-21-23(25)26-15-27-24(21)31(28-22)14-17-9-11-30(13-17)20(32)6-5-10-29(2)3/h5-8,12,15,17H,9-11,13-14H2,1-4H3,(H2,25,26,27)/b6-5+/t17-/m1/s1. The average Bonchev–Trinajstić information content (AvgIpc) is 3.40. The molecule has 174 valence electrons. The number of hydrogen-bond acceptors (Lipinski definition) is 7. The van der Waals surface area contributed by atoms with Crippen molar-refractivity contribution >= 4 is 22.8 Å². The number of aryl methyl sites for hydroxylation is 1. The SMILES string of the molecule is COc1cc(-c2nn(C[C@@H]3CCN(C(=O)/C=C/CN(C)C)C3)c3ncnc(N)c23)ccc1C. The van der Waals surface area contributed by atoms with Crippen LogP contribution in [0.1, 0.15) is 12.0 Å². The van der Waals surface area contributed by atoms with Crippen LogP contribution in [0.25, 0.3) is 22.3 Å². The fourth-order valence-corrected chi connectivity index (χ4v) is 4.22. The molecule has 3 aromatic rings. The van der Waals surface area contributed by atoms with Crippen molar-refractivity contribution in [2.45, 2.75) is 19.9 Å². The Balaban J connectivity index is 1.58.